The highest BCUT2D eigenvalue weighted by molar-refractivity contribution is 5.99. The van der Waals surface area contributed by atoms with E-state index in [0.717, 1.165) is 36.8 Å². The van der Waals surface area contributed by atoms with Crippen molar-refractivity contribution in [3.8, 4) is 0 Å². The van der Waals surface area contributed by atoms with Gasteiger partial charge in [0.05, 0.1) is 13.2 Å². The summed E-state index contributed by atoms with van der Waals surface area (Å²) in [6.45, 7) is 4.90. The zero-order valence-corrected chi connectivity index (χ0v) is 16.1. The third-order valence-corrected chi connectivity index (χ3v) is 5.71. The monoisotopic (exact) mass is 369 g/mol. The summed E-state index contributed by atoms with van der Waals surface area (Å²) >= 11 is 0. The van der Waals surface area contributed by atoms with Crippen molar-refractivity contribution in [2.75, 3.05) is 32.8 Å². The van der Waals surface area contributed by atoms with Crippen LogP contribution >= 0.6 is 0 Å². The summed E-state index contributed by atoms with van der Waals surface area (Å²) in [5, 5.41) is 1.06. The molecule has 0 bridgehead atoms. The molecule has 2 amide bonds. The van der Waals surface area contributed by atoms with E-state index in [9.17, 15) is 9.59 Å². The Morgan fingerprint density at radius 2 is 1.81 bits per heavy atom. The number of aromatic nitrogens is 1. The first kappa shape index (κ1) is 18.0. The molecule has 3 heterocycles. The summed E-state index contributed by atoms with van der Waals surface area (Å²) in [6, 6.07) is 8.14. The van der Waals surface area contributed by atoms with Crippen molar-refractivity contribution < 1.29 is 14.3 Å². The number of likely N-dealkylation sites (tertiary alicyclic amines) is 1. The Morgan fingerprint density at radius 1 is 1.04 bits per heavy atom. The number of carbonyl (C=O) groups excluding carboxylic acids is 2. The standard InChI is InChI=1S/C21H27N3O3/c1-15-6-7-17-16(12-15)13-18(22(17)2)20(25)24-10-11-27-19(14-24)21(26)23-8-4-3-5-9-23/h6-7,12-13,19H,3-5,8-11,14H2,1-2H3/t19-/m0/s1. The van der Waals surface area contributed by atoms with E-state index in [2.05, 4.69) is 12.1 Å². The summed E-state index contributed by atoms with van der Waals surface area (Å²) in [6.07, 6.45) is 2.74. The molecule has 2 fully saturated rings. The van der Waals surface area contributed by atoms with Gasteiger partial charge in [-0.25, -0.2) is 0 Å². The van der Waals surface area contributed by atoms with Crippen molar-refractivity contribution in [1.82, 2.24) is 14.4 Å². The minimum absolute atomic E-state index is 0.0277. The normalized spacial score (nSPS) is 20.9. The summed E-state index contributed by atoms with van der Waals surface area (Å²) in [5.41, 5.74) is 2.87. The van der Waals surface area contributed by atoms with Crippen LogP contribution in [0.15, 0.2) is 24.3 Å². The lowest BCUT2D eigenvalue weighted by atomic mass is 10.1. The summed E-state index contributed by atoms with van der Waals surface area (Å²) in [7, 11) is 1.92. The third-order valence-electron chi connectivity index (χ3n) is 5.71. The zero-order valence-electron chi connectivity index (χ0n) is 16.1. The van der Waals surface area contributed by atoms with Crippen LogP contribution in [0.1, 0.15) is 35.3 Å². The number of morpholine rings is 1. The van der Waals surface area contributed by atoms with Crippen LogP contribution in [-0.2, 0) is 16.6 Å². The minimum atomic E-state index is -0.544. The Morgan fingerprint density at radius 3 is 2.59 bits per heavy atom. The molecule has 144 valence electrons. The molecule has 1 aromatic carbocycles. The number of fused-ring (bicyclic) bond motifs is 1. The SMILES string of the molecule is Cc1ccc2c(c1)cc(C(=O)N1CCO[C@H](C(=O)N3CCCCC3)C1)n2C. The fourth-order valence-electron chi connectivity index (χ4n) is 4.14. The van der Waals surface area contributed by atoms with Crippen molar-refractivity contribution in [2.24, 2.45) is 7.05 Å². The highest BCUT2D eigenvalue weighted by Gasteiger charge is 2.33. The average Bonchev–Trinajstić information content (AvgIpc) is 3.03. The highest BCUT2D eigenvalue weighted by atomic mass is 16.5. The van der Waals surface area contributed by atoms with Gasteiger partial charge in [0.2, 0.25) is 0 Å². The van der Waals surface area contributed by atoms with E-state index < -0.39 is 6.10 Å². The lowest BCUT2D eigenvalue weighted by Gasteiger charge is -2.36. The van der Waals surface area contributed by atoms with E-state index in [0.29, 0.717) is 25.4 Å². The Balaban J connectivity index is 1.52. The third kappa shape index (κ3) is 3.46. The quantitative estimate of drug-likeness (QED) is 0.816. The second kappa shape index (κ2) is 7.35. The molecule has 2 saturated heterocycles. The molecule has 2 aliphatic heterocycles. The molecule has 0 unspecified atom stereocenters. The van der Waals surface area contributed by atoms with E-state index >= 15 is 0 Å². The van der Waals surface area contributed by atoms with E-state index in [-0.39, 0.29) is 11.8 Å². The number of hydrogen-bond donors (Lipinski definition) is 0. The van der Waals surface area contributed by atoms with E-state index in [4.69, 9.17) is 4.74 Å². The van der Waals surface area contributed by atoms with Gasteiger partial charge in [0.15, 0.2) is 6.10 Å². The lowest BCUT2D eigenvalue weighted by molar-refractivity contribution is -0.149. The zero-order chi connectivity index (χ0) is 19.0. The molecule has 0 N–H and O–H groups in total. The maximum atomic E-state index is 13.1. The topological polar surface area (TPSA) is 54.8 Å². The number of piperidine rings is 1. The summed E-state index contributed by atoms with van der Waals surface area (Å²) < 4.78 is 7.66. The Kier molecular flexibility index (Phi) is 4.91. The maximum absolute atomic E-state index is 13.1. The number of hydrogen-bond acceptors (Lipinski definition) is 3. The average molecular weight is 369 g/mol. The van der Waals surface area contributed by atoms with Crippen molar-refractivity contribution in [3.05, 3.63) is 35.5 Å². The first-order valence-electron chi connectivity index (χ1n) is 9.80. The molecule has 6 nitrogen and oxygen atoms in total. The van der Waals surface area contributed by atoms with Crippen molar-refractivity contribution in [3.63, 3.8) is 0 Å². The largest absolute Gasteiger partial charge is 0.365 e. The molecular formula is C21H27N3O3. The van der Waals surface area contributed by atoms with E-state index in [1.807, 2.05) is 35.6 Å². The second-order valence-corrected chi connectivity index (χ2v) is 7.65. The van der Waals surface area contributed by atoms with Crippen molar-refractivity contribution >= 4 is 22.7 Å². The number of aryl methyl sites for hydroxylation is 2. The molecule has 0 spiro atoms. The van der Waals surface area contributed by atoms with Gasteiger partial charge in [-0.05, 0) is 44.4 Å². The van der Waals surface area contributed by atoms with Crippen LogP contribution in [0.25, 0.3) is 10.9 Å². The molecule has 27 heavy (non-hydrogen) atoms. The number of carbonyl (C=O) groups is 2. The first-order chi connectivity index (χ1) is 13.0. The second-order valence-electron chi connectivity index (χ2n) is 7.65. The molecule has 0 saturated carbocycles. The predicted octanol–water partition coefficient (Wildman–Crippen LogP) is 2.34. The smallest absolute Gasteiger partial charge is 0.270 e. The van der Waals surface area contributed by atoms with Crippen molar-refractivity contribution in [1.29, 1.82) is 0 Å². The molecule has 0 radical (unpaired) electrons. The molecule has 1 atom stereocenters. The number of amides is 2. The van der Waals surface area contributed by atoms with Gasteiger partial charge in [-0.15, -0.1) is 0 Å². The number of benzene rings is 1. The summed E-state index contributed by atoms with van der Waals surface area (Å²) in [4.78, 5) is 29.6. The molecule has 2 aliphatic rings. The van der Waals surface area contributed by atoms with Gasteiger partial charge in [0.1, 0.15) is 5.69 Å². The Hall–Kier alpha value is -2.34. The van der Waals surface area contributed by atoms with Crippen LogP contribution < -0.4 is 0 Å². The van der Waals surface area contributed by atoms with E-state index in [1.54, 1.807) is 4.90 Å². The minimum Gasteiger partial charge on any atom is -0.365 e. The van der Waals surface area contributed by atoms with Crippen LogP contribution in [0.4, 0.5) is 0 Å². The Bertz CT molecular complexity index is 867. The lowest BCUT2D eigenvalue weighted by Crippen LogP contribution is -2.53. The fraction of sp³-hybridized carbons (Fsp3) is 0.524. The van der Waals surface area contributed by atoms with Crippen LogP contribution in [0.5, 0.6) is 0 Å². The molecule has 2 aromatic rings. The molecular weight excluding hydrogens is 342 g/mol. The first-order valence-corrected chi connectivity index (χ1v) is 9.80. The molecule has 6 heteroatoms. The number of nitrogens with zero attached hydrogens (tertiary/aromatic N) is 3. The summed E-state index contributed by atoms with van der Waals surface area (Å²) in [5.74, 6) is -0.00837. The molecule has 1 aromatic heterocycles. The van der Waals surface area contributed by atoms with Crippen LogP contribution in [0, 0.1) is 6.92 Å². The van der Waals surface area contributed by atoms with Gasteiger partial charge >= 0.3 is 0 Å². The molecule has 4 rings (SSSR count). The number of ether oxygens (including phenoxy) is 1. The Labute approximate surface area is 159 Å². The predicted molar refractivity (Wildman–Crippen MR) is 104 cm³/mol. The van der Waals surface area contributed by atoms with Gasteiger partial charge in [0.25, 0.3) is 11.8 Å². The van der Waals surface area contributed by atoms with Gasteiger partial charge in [-0.3, -0.25) is 9.59 Å². The van der Waals surface area contributed by atoms with Crippen LogP contribution in [0.3, 0.4) is 0 Å². The van der Waals surface area contributed by atoms with Crippen molar-refractivity contribution in [2.45, 2.75) is 32.3 Å². The van der Waals surface area contributed by atoms with Gasteiger partial charge in [-0.1, -0.05) is 11.6 Å². The molecule has 0 aliphatic carbocycles. The van der Waals surface area contributed by atoms with Gasteiger partial charge in [-0.2, -0.15) is 0 Å². The van der Waals surface area contributed by atoms with Crippen LogP contribution in [0.2, 0.25) is 0 Å². The van der Waals surface area contributed by atoms with E-state index in [1.165, 1.54) is 12.0 Å². The number of rotatable bonds is 2. The van der Waals surface area contributed by atoms with Crippen LogP contribution in [-0.4, -0.2) is 65.1 Å². The van der Waals surface area contributed by atoms with Gasteiger partial charge in [0, 0.05) is 37.6 Å². The fourth-order valence-corrected chi connectivity index (χ4v) is 4.14. The van der Waals surface area contributed by atoms with Gasteiger partial charge < -0.3 is 19.1 Å². The highest BCUT2D eigenvalue weighted by Crippen LogP contribution is 2.22. The maximum Gasteiger partial charge on any atom is 0.270 e.